The van der Waals surface area contributed by atoms with E-state index in [-0.39, 0.29) is 16.1 Å². The molecular weight excluding hydrogens is 390 g/mol. The van der Waals surface area contributed by atoms with E-state index in [0.717, 1.165) is 25.8 Å². The molecule has 1 saturated heterocycles. The maximum atomic E-state index is 12.5. The van der Waals surface area contributed by atoms with Gasteiger partial charge in [-0.05, 0) is 69.8 Å². The van der Waals surface area contributed by atoms with Crippen LogP contribution in [0.3, 0.4) is 0 Å². The number of anilines is 1. The molecule has 156 valence electrons. The van der Waals surface area contributed by atoms with Crippen LogP contribution in [0, 0.1) is 5.92 Å². The monoisotopic (exact) mass is 417 g/mol. The van der Waals surface area contributed by atoms with Gasteiger partial charge in [-0.3, -0.25) is 9.78 Å². The van der Waals surface area contributed by atoms with Gasteiger partial charge >= 0.3 is 0 Å². The van der Waals surface area contributed by atoms with Gasteiger partial charge in [0, 0.05) is 24.5 Å². The van der Waals surface area contributed by atoms with E-state index in [4.69, 9.17) is 0 Å². The van der Waals surface area contributed by atoms with Gasteiger partial charge in [0.15, 0.2) is 5.03 Å². The number of nitrogens with one attached hydrogen (secondary N) is 3. The Kier molecular flexibility index (Phi) is 6.49. The predicted molar refractivity (Wildman–Crippen MR) is 111 cm³/mol. The molecule has 1 aliphatic heterocycles. The minimum absolute atomic E-state index is 0.162. The molecule has 8 nitrogen and oxygen atoms in total. The molecule has 0 radical (unpaired) electrons. The first kappa shape index (κ1) is 21.2. The summed E-state index contributed by atoms with van der Waals surface area (Å²) in [5, 5.41) is 6.48. The van der Waals surface area contributed by atoms with Gasteiger partial charge in [-0.2, -0.15) is 8.42 Å². The molecular formula is C20H27N5O3S. The van der Waals surface area contributed by atoms with Crippen LogP contribution in [0.25, 0.3) is 0 Å². The summed E-state index contributed by atoms with van der Waals surface area (Å²) >= 11 is 0. The van der Waals surface area contributed by atoms with Crippen molar-refractivity contribution < 1.29 is 13.2 Å². The summed E-state index contributed by atoms with van der Waals surface area (Å²) < 4.78 is 27.0. The number of rotatable bonds is 8. The highest BCUT2D eigenvalue weighted by atomic mass is 32.2. The second kappa shape index (κ2) is 8.87. The second-order valence-electron chi connectivity index (χ2n) is 7.94. The molecule has 1 atom stereocenters. The fourth-order valence-electron chi connectivity index (χ4n) is 3.49. The lowest BCUT2D eigenvalue weighted by Gasteiger charge is -2.17. The predicted octanol–water partition coefficient (Wildman–Crippen LogP) is 2.18. The van der Waals surface area contributed by atoms with Crippen molar-refractivity contribution in [3.8, 4) is 0 Å². The van der Waals surface area contributed by atoms with Crippen LogP contribution in [-0.4, -0.2) is 42.9 Å². The Labute approximate surface area is 171 Å². The number of hydrogen-bond donors (Lipinski definition) is 3. The summed E-state index contributed by atoms with van der Waals surface area (Å²) in [6.45, 7) is 6.17. The van der Waals surface area contributed by atoms with Crippen LogP contribution in [0.5, 0.6) is 0 Å². The van der Waals surface area contributed by atoms with E-state index in [1.807, 2.05) is 4.72 Å². The number of aromatic nitrogens is 2. The first-order valence-corrected chi connectivity index (χ1v) is 11.2. The van der Waals surface area contributed by atoms with E-state index >= 15 is 0 Å². The van der Waals surface area contributed by atoms with E-state index in [1.165, 1.54) is 24.5 Å². The number of carbonyl (C=O) groups excluding carboxylic acids is 1. The summed E-state index contributed by atoms with van der Waals surface area (Å²) in [5.41, 5.74) is 0.373. The Morgan fingerprint density at radius 3 is 2.79 bits per heavy atom. The maximum absolute atomic E-state index is 12.5. The number of amides is 1. The van der Waals surface area contributed by atoms with Crippen LogP contribution >= 0.6 is 0 Å². The summed E-state index contributed by atoms with van der Waals surface area (Å²) in [7, 11) is -4.07. The first-order valence-electron chi connectivity index (χ1n) is 9.68. The maximum Gasteiger partial charge on any atom is 0.281 e. The van der Waals surface area contributed by atoms with Crippen LogP contribution in [0.4, 0.5) is 5.82 Å². The van der Waals surface area contributed by atoms with Crippen molar-refractivity contribution in [3.05, 3.63) is 48.3 Å². The van der Waals surface area contributed by atoms with Gasteiger partial charge in [-0.15, -0.1) is 0 Å². The molecule has 2 aromatic rings. The second-order valence-corrected chi connectivity index (χ2v) is 9.57. The molecule has 0 spiro atoms. The third kappa shape index (κ3) is 5.98. The summed E-state index contributed by atoms with van der Waals surface area (Å²) in [6, 6.07) is 7.72. The molecule has 1 fully saturated rings. The molecule has 0 bridgehead atoms. The summed E-state index contributed by atoms with van der Waals surface area (Å²) in [4.78, 5) is 20.1. The molecule has 0 saturated carbocycles. The molecule has 9 heteroatoms. The lowest BCUT2D eigenvalue weighted by molar-refractivity contribution is 0.0981. The normalized spacial score (nSPS) is 18.3. The quantitative estimate of drug-likeness (QED) is 0.564. The van der Waals surface area contributed by atoms with Gasteiger partial charge in [0.1, 0.15) is 5.82 Å². The van der Waals surface area contributed by atoms with Gasteiger partial charge in [-0.1, -0.05) is 6.07 Å². The molecule has 0 aromatic carbocycles. The van der Waals surface area contributed by atoms with Crippen LogP contribution < -0.4 is 15.4 Å². The molecule has 2 aromatic heterocycles. The largest absolute Gasteiger partial charge is 0.370 e. The van der Waals surface area contributed by atoms with Crippen molar-refractivity contribution in [2.24, 2.45) is 5.92 Å². The molecule has 29 heavy (non-hydrogen) atoms. The highest BCUT2D eigenvalue weighted by Crippen LogP contribution is 2.26. The van der Waals surface area contributed by atoms with Gasteiger partial charge < -0.3 is 10.6 Å². The minimum atomic E-state index is -4.07. The summed E-state index contributed by atoms with van der Waals surface area (Å²) in [5.74, 6) is 0.382. The Hall–Kier alpha value is -2.52. The molecule has 3 N–H and O–H groups in total. The zero-order valence-electron chi connectivity index (χ0n) is 16.7. The van der Waals surface area contributed by atoms with E-state index in [2.05, 4.69) is 34.4 Å². The number of pyridine rings is 2. The number of hydrogen-bond acceptors (Lipinski definition) is 7. The molecule has 0 aliphatic carbocycles. The lowest BCUT2D eigenvalue weighted by atomic mass is 9.94. The third-order valence-electron chi connectivity index (χ3n) is 4.91. The lowest BCUT2D eigenvalue weighted by Crippen LogP contribution is -2.31. The molecule has 0 unspecified atom stereocenters. The molecule has 3 heterocycles. The molecule has 1 aliphatic rings. The smallest absolute Gasteiger partial charge is 0.281 e. The van der Waals surface area contributed by atoms with Crippen molar-refractivity contribution in [3.63, 3.8) is 0 Å². The Morgan fingerprint density at radius 2 is 2.10 bits per heavy atom. The average Bonchev–Trinajstić information content (AvgIpc) is 3.04. The highest BCUT2D eigenvalue weighted by molar-refractivity contribution is 7.90. The van der Waals surface area contributed by atoms with E-state index in [9.17, 15) is 13.2 Å². The van der Waals surface area contributed by atoms with Crippen LogP contribution in [-0.2, 0) is 10.0 Å². The van der Waals surface area contributed by atoms with Crippen LogP contribution in [0.2, 0.25) is 0 Å². The van der Waals surface area contributed by atoms with Crippen LogP contribution in [0.1, 0.15) is 43.5 Å². The molecule has 3 rings (SSSR count). The van der Waals surface area contributed by atoms with Crippen LogP contribution in [0.15, 0.2) is 47.8 Å². The van der Waals surface area contributed by atoms with E-state index < -0.39 is 15.9 Å². The number of sulfonamides is 1. The fraction of sp³-hybridized carbons (Fsp3) is 0.450. The molecule has 1 amide bonds. The minimum Gasteiger partial charge on any atom is -0.370 e. The Bertz CT molecular complexity index is 948. The van der Waals surface area contributed by atoms with Crippen molar-refractivity contribution in [1.29, 1.82) is 0 Å². The van der Waals surface area contributed by atoms with E-state index in [0.29, 0.717) is 18.3 Å². The van der Waals surface area contributed by atoms with Crippen molar-refractivity contribution >= 4 is 21.7 Å². The SMILES string of the molecule is CC1(C)C[C@H](CCCNc2cccc(S(=O)(=O)NC(=O)c3cccnc3)n2)CN1. The standard InChI is InChI=1S/C20H27N5O3S/c1-20(2)12-15(13-23-20)6-4-11-22-17-8-3-9-18(24-17)29(27,28)25-19(26)16-7-5-10-21-14-16/h3,5,7-10,14-15,23H,4,6,11-13H2,1-2H3,(H,22,24)(H,25,26)/t15-/m0/s1. The van der Waals surface area contributed by atoms with Crippen molar-refractivity contribution in [2.45, 2.75) is 43.7 Å². The van der Waals surface area contributed by atoms with Crippen molar-refractivity contribution in [1.82, 2.24) is 20.0 Å². The number of carbonyl (C=O) groups is 1. The average molecular weight is 418 g/mol. The highest BCUT2D eigenvalue weighted by Gasteiger charge is 2.29. The Balaban J connectivity index is 1.54. The zero-order chi connectivity index (χ0) is 20.9. The number of nitrogens with zero attached hydrogens (tertiary/aromatic N) is 2. The zero-order valence-corrected chi connectivity index (χ0v) is 17.5. The van der Waals surface area contributed by atoms with E-state index in [1.54, 1.807) is 18.2 Å². The Morgan fingerprint density at radius 1 is 1.28 bits per heavy atom. The van der Waals surface area contributed by atoms with Gasteiger partial charge in [0.25, 0.3) is 15.9 Å². The van der Waals surface area contributed by atoms with Crippen molar-refractivity contribution in [2.75, 3.05) is 18.4 Å². The summed E-state index contributed by atoms with van der Waals surface area (Å²) in [6.07, 6.45) is 6.04. The third-order valence-corrected chi connectivity index (χ3v) is 6.15. The topological polar surface area (TPSA) is 113 Å². The first-order chi connectivity index (χ1) is 13.8. The van der Waals surface area contributed by atoms with Gasteiger partial charge in [-0.25, -0.2) is 9.71 Å². The van der Waals surface area contributed by atoms with Gasteiger partial charge in [0.05, 0.1) is 5.56 Å². The van der Waals surface area contributed by atoms with Gasteiger partial charge in [0.2, 0.25) is 0 Å². The fourth-order valence-corrected chi connectivity index (χ4v) is 4.43.